The summed E-state index contributed by atoms with van der Waals surface area (Å²) in [6, 6.07) is 8.66. The summed E-state index contributed by atoms with van der Waals surface area (Å²) in [7, 11) is 0. The molecule has 2 aliphatic rings. The summed E-state index contributed by atoms with van der Waals surface area (Å²) < 4.78 is 0. The van der Waals surface area contributed by atoms with E-state index < -0.39 is 5.72 Å². The molecule has 1 aliphatic heterocycles. The van der Waals surface area contributed by atoms with Crippen molar-refractivity contribution in [3.05, 3.63) is 35.4 Å². The zero-order chi connectivity index (χ0) is 13.3. The van der Waals surface area contributed by atoms with Gasteiger partial charge in [0, 0.05) is 32.1 Å². The molecule has 2 unspecified atom stereocenters. The van der Waals surface area contributed by atoms with E-state index in [4.69, 9.17) is 0 Å². The van der Waals surface area contributed by atoms with Crippen LogP contribution in [-0.2, 0) is 0 Å². The van der Waals surface area contributed by atoms with E-state index in [-0.39, 0.29) is 5.92 Å². The molecule has 1 aromatic rings. The fourth-order valence-electron chi connectivity index (χ4n) is 3.72. The van der Waals surface area contributed by atoms with Crippen molar-refractivity contribution in [2.75, 3.05) is 26.2 Å². The highest BCUT2D eigenvalue weighted by molar-refractivity contribution is 5.28. The quantitative estimate of drug-likeness (QED) is 0.852. The Labute approximate surface area is 115 Å². The molecule has 3 heteroatoms. The van der Waals surface area contributed by atoms with Gasteiger partial charge in [-0.3, -0.25) is 4.90 Å². The van der Waals surface area contributed by atoms with Crippen molar-refractivity contribution < 1.29 is 5.11 Å². The van der Waals surface area contributed by atoms with Gasteiger partial charge >= 0.3 is 0 Å². The highest BCUT2D eigenvalue weighted by Crippen LogP contribution is 2.45. The second-order valence-corrected chi connectivity index (χ2v) is 5.97. The highest BCUT2D eigenvalue weighted by Gasteiger charge is 2.46. The minimum Gasteiger partial charge on any atom is -0.375 e. The number of hydrogen-bond donors (Lipinski definition) is 2. The van der Waals surface area contributed by atoms with E-state index in [9.17, 15) is 5.11 Å². The molecular weight excluding hydrogens is 236 g/mol. The van der Waals surface area contributed by atoms with Crippen molar-refractivity contribution in [3.63, 3.8) is 0 Å². The maximum absolute atomic E-state index is 11.2. The number of benzene rings is 1. The molecule has 2 N–H and O–H groups in total. The summed E-state index contributed by atoms with van der Waals surface area (Å²) in [6.45, 7) is 6.02. The first-order valence-electron chi connectivity index (χ1n) is 7.45. The second kappa shape index (κ2) is 5.23. The summed E-state index contributed by atoms with van der Waals surface area (Å²) in [5.74, 6) is 0.269. The first-order valence-corrected chi connectivity index (χ1v) is 7.45. The first kappa shape index (κ1) is 13.1. The molecule has 3 nitrogen and oxygen atoms in total. The normalized spacial score (nSPS) is 32.6. The van der Waals surface area contributed by atoms with Gasteiger partial charge in [0.15, 0.2) is 0 Å². The van der Waals surface area contributed by atoms with Crippen LogP contribution in [0.25, 0.3) is 0 Å². The van der Waals surface area contributed by atoms with E-state index >= 15 is 0 Å². The van der Waals surface area contributed by atoms with Crippen LogP contribution in [0.3, 0.4) is 0 Å². The molecule has 2 atom stereocenters. The predicted octanol–water partition coefficient (Wildman–Crippen LogP) is 1.86. The summed E-state index contributed by atoms with van der Waals surface area (Å²) in [6.07, 6.45) is 3.13. The van der Waals surface area contributed by atoms with Crippen LogP contribution >= 0.6 is 0 Å². The Bertz CT molecular complexity index is 442. The first-order chi connectivity index (χ1) is 9.20. The van der Waals surface area contributed by atoms with Crippen molar-refractivity contribution in [1.29, 1.82) is 0 Å². The standard InChI is InChI=1S/C16H24N2O/c1-13-4-2-5-14(12-13)15-6-3-7-16(15,19)18-10-8-17-9-11-18/h2,4-5,12,15,17,19H,3,6-11H2,1H3. The van der Waals surface area contributed by atoms with Gasteiger partial charge in [-0.25, -0.2) is 0 Å². The van der Waals surface area contributed by atoms with Gasteiger partial charge in [-0.2, -0.15) is 0 Å². The molecule has 1 aromatic carbocycles. The molecule has 0 bridgehead atoms. The Morgan fingerprint density at radius 2 is 2.11 bits per heavy atom. The molecule has 0 spiro atoms. The van der Waals surface area contributed by atoms with Gasteiger partial charge in [0.05, 0.1) is 0 Å². The Morgan fingerprint density at radius 1 is 1.32 bits per heavy atom. The molecule has 2 fully saturated rings. The summed E-state index contributed by atoms with van der Waals surface area (Å²) in [5.41, 5.74) is 1.96. The predicted molar refractivity (Wildman–Crippen MR) is 77.2 cm³/mol. The lowest BCUT2D eigenvalue weighted by Gasteiger charge is -2.43. The molecule has 19 heavy (non-hydrogen) atoms. The Morgan fingerprint density at radius 3 is 2.84 bits per heavy atom. The van der Waals surface area contributed by atoms with E-state index in [1.165, 1.54) is 11.1 Å². The van der Waals surface area contributed by atoms with Crippen molar-refractivity contribution in [3.8, 4) is 0 Å². The molecule has 0 aromatic heterocycles. The van der Waals surface area contributed by atoms with Gasteiger partial charge in [-0.15, -0.1) is 0 Å². The van der Waals surface area contributed by atoms with Crippen LogP contribution in [0.1, 0.15) is 36.3 Å². The smallest absolute Gasteiger partial charge is 0.125 e. The molecule has 104 valence electrons. The van der Waals surface area contributed by atoms with E-state index in [1.54, 1.807) is 0 Å². The van der Waals surface area contributed by atoms with Gasteiger partial charge in [0.25, 0.3) is 0 Å². The van der Waals surface area contributed by atoms with Gasteiger partial charge in [0.2, 0.25) is 0 Å². The van der Waals surface area contributed by atoms with Crippen LogP contribution in [0.4, 0.5) is 0 Å². The van der Waals surface area contributed by atoms with Crippen LogP contribution in [0.15, 0.2) is 24.3 Å². The molecule has 1 heterocycles. The van der Waals surface area contributed by atoms with Crippen molar-refractivity contribution >= 4 is 0 Å². The molecule has 3 rings (SSSR count). The SMILES string of the molecule is Cc1cccc(C2CCCC2(O)N2CCNCC2)c1. The van der Waals surface area contributed by atoms with E-state index in [0.29, 0.717) is 0 Å². The third-order valence-corrected chi connectivity index (χ3v) is 4.70. The second-order valence-electron chi connectivity index (χ2n) is 5.97. The van der Waals surface area contributed by atoms with Crippen LogP contribution in [-0.4, -0.2) is 41.9 Å². The van der Waals surface area contributed by atoms with Crippen LogP contribution in [0.2, 0.25) is 0 Å². The number of nitrogens with zero attached hydrogens (tertiary/aromatic N) is 1. The van der Waals surface area contributed by atoms with Gasteiger partial charge in [-0.1, -0.05) is 29.8 Å². The lowest BCUT2D eigenvalue weighted by molar-refractivity contribution is -0.120. The lowest BCUT2D eigenvalue weighted by atomic mass is 9.88. The van der Waals surface area contributed by atoms with E-state index in [2.05, 4.69) is 41.4 Å². The minimum absolute atomic E-state index is 0.269. The molecule has 0 radical (unpaired) electrons. The van der Waals surface area contributed by atoms with Crippen LogP contribution < -0.4 is 5.32 Å². The third-order valence-electron chi connectivity index (χ3n) is 4.70. The molecular formula is C16H24N2O. The minimum atomic E-state index is -0.629. The summed E-state index contributed by atoms with van der Waals surface area (Å²) in [5, 5.41) is 14.6. The van der Waals surface area contributed by atoms with Crippen molar-refractivity contribution in [1.82, 2.24) is 10.2 Å². The van der Waals surface area contributed by atoms with Crippen LogP contribution in [0, 0.1) is 6.92 Å². The maximum atomic E-state index is 11.2. The average molecular weight is 260 g/mol. The fraction of sp³-hybridized carbons (Fsp3) is 0.625. The zero-order valence-corrected chi connectivity index (χ0v) is 11.7. The number of nitrogens with one attached hydrogen (secondary N) is 1. The monoisotopic (exact) mass is 260 g/mol. The van der Waals surface area contributed by atoms with Crippen molar-refractivity contribution in [2.45, 2.75) is 37.8 Å². The number of aryl methyl sites for hydroxylation is 1. The molecule has 1 saturated carbocycles. The molecule has 0 amide bonds. The van der Waals surface area contributed by atoms with Gasteiger partial charge in [0.1, 0.15) is 5.72 Å². The van der Waals surface area contributed by atoms with Crippen molar-refractivity contribution in [2.24, 2.45) is 0 Å². The average Bonchev–Trinajstić information content (AvgIpc) is 2.83. The highest BCUT2D eigenvalue weighted by atomic mass is 16.3. The Balaban J connectivity index is 1.87. The summed E-state index contributed by atoms with van der Waals surface area (Å²) >= 11 is 0. The largest absolute Gasteiger partial charge is 0.375 e. The topological polar surface area (TPSA) is 35.5 Å². The van der Waals surface area contributed by atoms with E-state index in [0.717, 1.165) is 45.4 Å². The number of rotatable bonds is 2. The number of aliphatic hydroxyl groups is 1. The van der Waals surface area contributed by atoms with Crippen LogP contribution in [0.5, 0.6) is 0 Å². The maximum Gasteiger partial charge on any atom is 0.125 e. The fourth-order valence-corrected chi connectivity index (χ4v) is 3.72. The lowest BCUT2D eigenvalue weighted by Crippen LogP contribution is -2.57. The van der Waals surface area contributed by atoms with E-state index in [1.807, 2.05) is 0 Å². The Hall–Kier alpha value is -0.900. The van der Waals surface area contributed by atoms with Gasteiger partial charge in [-0.05, 0) is 31.7 Å². The number of piperazine rings is 1. The third kappa shape index (κ3) is 2.42. The molecule has 1 aliphatic carbocycles. The summed E-state index contributed by atoms with van der Waals surface area (Å²) in [4.78, 5) is 2.30. The number of hydrogen-bond acceptors (Lipinski definition) is 3. The molecule has 1 saturated heterocycles. The zero-order valence-electron chi connectivity index (χ0n) is 11.7. The Kier molecular flexibility index (Phi) is 3.61. The van der Waals surface area contributed by atoms with Gasteiger partial charge < -0.3 is 10.4 Å².